The molecular weight excluding hydrogens is 290 g/mol. The molecule has 120 valence electrons. The Hall–Kier alpha value is -2.82. The van der Waals surface area contributed by atoms with Gasteiger partial charge in [0.15, 0.2) is 0 Å². The van der Waals surface area contributed by atoms with Gasteiger partial charge in [0, 0.05) is 11.4 Å². The molecule has 0 saturated carbocycles. The number of rotatable bonds is 4. The van der Waals surface area contributed by atoms with Crippen molar-refractivity contribution in [3.8, 4) is 0 Å². The standard InChI is InChI=1S/C18H21N3O2/c1-12-9-13(2)11-16(10-12)20-17(22)14(3)19-18(23)21-15-7-5-4-6-8-15/h4-11,14H,1-3H3,(H,20,22)(H2,19,21,23). The van der Waals surface area contributed by atoms with E-state index in [1.807, 2.05) is 50.2 Å². The van der Waals surface area contributed by atoms with Gasteiger partial charge in [-0.25, -0.2) is 4.79 Å². The van der Waals surface area contributed by atoms with E-state index >= 15 is 0 Å². The molecule has 2 aromatic rings. The van der Waals surface area contributed by atoms with Crippen LogP contribution in [0.25, 0.3) is 0 Å². The van der Waals surface area contributed by atoms with Gasteiger partial charge in [-0.15, -0.1) is 0 Å². The van der Waals surface area contributed by atoms with Gasteiger partial charge in [0.25, 0.3) is 0 Å². The lowest BCUT2D eigenvalue weighted by Crippen LogP contribution is -2.43. The number of benzene rings is 2. The van der Waals surface area contributed by atoms with Crippen molar-refractivity contribution in [2.45, 2.75) is 26.8 Å². The normalized spacial score (nSPS) is 11.4. The van der Waals surface area contributed by atoms with Crippen molar-refractivity contribution in [2.75, 3.05) is 10.6 Å². The maximum absolute atomic E-state index is 12.2. The third-order valence-electron chi connectivity index (χ3n) is 3.26. The average Bonchev–Trinajstić information content (AvgIpc) is 2.46. The number of hydrogen-bond donors (Lipinski definition) is 3. The predicted molar refractivity (Wildman–Crippen MR) is 92.6 cm³/mol. The number of para-hydroxylation sites is 1. The summed E-state index contributed by atoms with van der Waals surface area (Å²) in [5.41, 5.74) is 3.54. The van der Waals surface area contributed by atoms with Crippen LogP contribution >= 0.6 is 0 Å². The van der Waals surface area contributed by atoms with Crippen molar-refractivity contribution in [3.05, 3.63) is 59.7 Å². The van der Waals surface area contributed by atoms with E-state index in [9.17, 15) is 9.59 Å². The van der Waals surface area contributed by atoms with Gasteiger partial charge >= 0.3 is 6.03 Å². The molecule has 2 aromatic carbocycles. The van der Waals surface area contributed by atoms with E-state index in [4.69, 9.17) is 0 Å². The molecule has 0 bridgehead atoms. The minimum atomic E-state index is -0.653. The van der Waals surface area contributed by atoms with Crippen LogP contribution in [0.1, 0.15) is 18.1 Å². The van der Waals surface area contributed by atoms with Gasteiger partial charge in [-0.1, -0.05) is 24.3 Å². The van der Waals surface area contributed by atoms with Crippen LogP contribution in [-0.2, 0) is 4.79 Å². The highest BCUT2D eigenvalue weighted by molar-refractivity contribution is 5.99. The molecule has 0 aliphatic rings. The number of anilines is 2. The molecular formula is C18H21N3O2. The molecule has 0 heterocycles. The number of carbonyl (C=O) groups excluding carboxylic acids is 2. The first-order valence-electron chi connectivity index (χ1n) is 7.46. The highest BCUT2D eigenvalue weighted by Crippen LogP contribution is 2.14. The van der Waals surface area contributed by atoms with Crippen LogP contribution in [0.5, 0.6) is 0 Å². The number of amides is 3. The second-order valence-corrected chi connectivity index (χ2v) is 5.55. The molecule has 5 heteroatoms. The molecule has 5 nitrogen and oxygen atoms in total. The fourth-order valence-electron chi connectivity index (χ4n) is 2.25. The van der Waals surface area contributed by atoms with E-state index in [0.717, 1.165) is 16.8 Å². The zero-order valence-corrected chi connectivity index (χ0v) is 13.5. The lowest BCUT2D eigenvalue weighted by molar-refractivity contribution is -0.117. The van der Waals surface area contributed by atoms with Crippen LogP contribution in [0.2, 0.25) is 0 Å². The highest BCUT2D eigenvalue weighted by atomic mass is 16.2. The molecule has 0 aliphatic carbocycles. The zero-order chi connectivity index (χ0) is 16.8. The minimum absolute atomic E-state index is 0.266. The highest BCUT2D eigenvalue weighted by Gasteiger charge is 2.15. The molecule has 1 unspecified atom stereocenters. The summed E-state index contributed by atoms with van der Waals surface area (Å²) in [4.78, 5) is 24.1. The maximum atomic E-state index is 12.2. The second kappa shape index (κ2) is 7.45. The maximum Gasteiger partial charge on any atom is 0.319 e. The van der Waals surface area contributed by atoms with E-state index in [0.29, 0.717) is 5.69 Å². The Kier molecular flexibility index (Phi) is 5.36. The van der Waals surface area contributed by atoms with Crippen molar-refractivity contribution >= 4 is 23.3 Å². The molecule has 3 N–H and O–H groups in total. The molecule has 1 atom stereocenters. The molecule has 3 amide bonds. The SMILES string of the molecule is Cc1cc(C)cc(NC(=O)C(C)NC(=O)Nc2ccccc2)c1. The quantitative estimate of drug-likeness (QED) is 0.809. The molecule has 23 heavy (non-hydrogen) atoms. The van der Waals surface area contributed by atoms with Crippen LogP contribution in [0.15, 0.2) is 48.5 Å². The van der Waals surface area contributed by atoms with Gasteiger partial charge in [0.1, 0.15) is 6.04 Å². The van der Waals surface area contributed by atoms with E-state index in [-0.39, 0.29) is 5.91 Å². The van der Waals surface area contributed by atoms with E-state index < -0.39 is 12.1 Å². The molecule has 0 spiro atoms. The van der Waals surface area contributed by atoms with Crippen molar-refractivity contribution in [3.63, 3.8) is 0 Å². The fourth-order valence-corrected chi connectivity index (χ4v) is 2.25. The molecule has 0 radical (unpaired) electrons. The van der Waals surface area contributed by atoms with Gasteiger partial charge in [-0.3, -0.25) is 4.79 Å². The molecule has 2 rings (SSSR count). The summed E-state index contributed by atoms with van der Waals surface area (Å²) in [5, 5.41) is 8.11. The molecule has 0 aromatic heterocycles. The fraction of sp³-hybridized carbons (Fsp3) is 0.222. The van der Waals surface area contributed by atoms with Crippen LogP contribution < -0.4 is 16.0 Å². The van der Waals surface area contributed by atoms with Crippen molar-refractivity contribution in [1.29, 1.82) is 0 Å². The minimum Gasteiger partial charge on any atom is -0.326 e. The molecule has 0 aliphatic heterocycles. The first-order chi connectivity index (χ1) is 10.9. The van der Waals surface area contributed by atoms with Crippen molar-refractivity contribution < 1.29 is 9.59 Å². The Morgan fingerprint density at radius 3 is 2.09 bits per heavy atom. The Bertz CT molecular complexity index is 678. The third-order valence-corrected chi connectivity index (χ3v) is 3.26. The summed E-state index contributed by atoms with van der Waals surface area (Å²) >= 11 is 0. The third kappa shape index (κ3) is 5.14. The summed E-state index contributed by atoms with van der Waals surface area (Å²) in [6.45, 7) is 5.58. The summed E-state index contributed by atoms with van der Waals surface area (Å²) in [6.07, 6.45) is 0. The number of carbonyl (C=O) groups is 2. The molecule has 0 fully saturated rings. The van der Waals surface area contributed by atoms with Crippen molar-refractivity contribution in [1.82, 2.24) is 5.32 Å². The lowest BCUT2D eigenvalue weighted by atomic mass is 10.1. The van der Waals surface area contributed by atoms with Crippen LogP contribution in [0.4, 0.5) is 16.2 Å². The van der Waals surface area contributed by atoms with Gasteiger partial charge in [-0.2, -0.15) is 0 Å². The summed E-state index contributed by atoms with van der Waals surface area (Å²) in [6, 6.07) is 13.8. The Morgan fingerprint density at radius 1 is 0.870 bits per heavy atom. The van der Waals surface area contributed by atoms with Gasteiger partial charge in [0.2, 0.25) is 5.91 Å². The largest absolute Gasteiger partial charge is 0.326 e. The second-order valence-electron chi connectivity index (χ2n) is 5.55. The lowest BCUT2D eigenvalue weighted by Gasteiger charge is -2.15. The first-order valence-corrected chi connectivity index (χ1v) is 7.46. The van der Waals surface area contributed by atoms with Crippen LogP contribution in [0.3, 0.4) is 0 Å². The summed E-state index contributed by atoms with van der Waals surface area (Å²) in [7, 11) is 0. The molecule has 0 saturated heterocycles. The number of hydrogen-bond acceptors (Lipinski definition) is 2. The number of urea groups is 1. The monoisotopic (exact) mass is 311 g/mol. The zero-order valence-electron chi connectivity index (χ0n) is 13.5. The van der Waals surface area contributed by atoms with Crippen molar-refractivity contribution in [2.24, 2.45) is 0 Å². The van der Waals surface area contributed by atoms with Gasteiger partial charge < -0.3 is 16.0 Å². The predicted octanol–water partition coefficient (Wildman–Crippen LogP) is 3.45. The summed E-state index contributed by atoms with van der Waals surface area (Å²) in [5.74, 6) is -0.266. The van der Waals surface area contributed by atoms with Gasteiger partial charge in [0.05, 0.1) is 0 Å². The van der Waals surface area contributed by atoms with E-state index in [2.05, 4.69) is 16.0 Å². The Morgan fingerprint density at radius 2 is 1.48 bits per heavy atom. The Labute approximate surface area is 136 Å². The summed E-state index contributed by atoms with van der Waals surface area (Å²) < 4.78 is 0. The average molecular weight is 311 g/mol. The van der Waals surface area contributed by atoms with Gasteiger partial charge in [-0.05, 0) is 56.2 Å². The first kappa shape index (κ1) is 16.5. The number of aryl methyl sites for hydroxylation is 2. The van der Waals surface area contributed by atoms with E-state index in [1.54, 1.807) is 19.1 Å². The van der Waals surface area contributed by atoms with Crippen LogP contribution in [0, 0.1) is 13.8 Å². The van der Waals surface area contributed by atoms with E-state index in [1.165, 1.54) is 0 Å². The number of nitrogens with one attached hydrogen (secondary N) is 3. The van der Waals surface area contributed by atoms with Crippen LogP contribution in [-0.4, -0.2) is 18.0 Å². The smallest absolute Gasteiger partial charge is 0.319 e. The Balaban J connectivity index is 1.90. The topological polar surface area (TPSA) is 70.2 Å².